The molecule has 0 radical (unpaired) electrons. The number of rotatable bonds is 5. The Bertz CT molecular complexity index is 632. The van der Waals surface area contributed by atoms with Crippen molar-refractivity contribution in [3.05, 3.63) is 65.7 Å². The van der Waals surface area contributed by atoms with Crippen LogP contribution in [0.25, 0.3) is 0 Å². The molecule has 1 aliphatic rings. The predicted octanol–water partition coefficient (Wildman–Crippen LogP) is 4.07. The van der Waals surface area contributed by atoms with E-state index < -0.39 is 0 Å². The van der Waals surface area contributed by atoms with Crippen LogP contribution in [-0.4, -0.2) is 18.5 Å². The van der Waals surface area contributed by atoms with E-state index in [1.54, 1.807) is 0 Å². The van der Waals surface area contributed by atoms with Gasteiger partial charge in [-0.1, -0.05) is 44.2 Å². The monoisotopic (exact) mass is 295 g/mol. The van der Waals surface area contributed by atoms with Gasteiger partial charge < -0.3 is 9.47 Å². The second-order valence-corrected chi connectivity index (χ2v) is 5.86. The first kappa shape index (κ1) is 14.6. The number of hydrogen-bond acceptors (Lipinski definition) is 3. The van der Waals surface area contributed by atoms with Gasteiger partial charge in [-0.15, -0.1) is 0 Å². The molecule has 2 aromatic carbocycles. The first-order chi connectivity index (χ1) is 10.7. The third-order valence-corrected chi connectivity index (χ3v) is 3.79. The van der Waals surface area contributed by atoms with Crippen LogP contribution in [0.4, 0.5) is 0 Å². The quantitative estimate of drug-likeness (QED) is 0.832. The Morgan fingerprint density at radius 1 is 1.09 bits per heavy atom. The van der Waals surface area contributed by atoms with E-state index >= 15 is 0 Å². The Labute approximate surface area is 131 Å². The number of benzene rings is 2. The first-order valence-corrected chi connectivity index (χ1v) is 7.70. The van der Waals surface area contributed by atoms with E-state index in [1.807, 2.05) is 42.5 Å². The molecule has 1 unspecified atom stereocenters. The fraction of sp³-hybridized carbons (Fsp3) is 0.316. The molecule has 0 aromatic heterocycles. The maximum absolute atomic E-state index is 5.79. The summed E-state index contributed by atoms with van der Waals surface area (Å²) in [5.41, 5.74) is 2.17. The SMILES string of the molecule is CC(C)C1COC(c2ccc(OCc3ccccc3)cc2)=N1. The Morgan fingerprint density at radius 3 is 2.45 bits per heavy atom. The van der Waals surface area contributed by atoms with Gasteiger partial charge in [0.15, 0.2) is 0 Å². The standard InChI is InChI=1S/C19H21NO2/c1-14(2)18-13-22-19(20-18)16-8-10-17(11-9-16)21-12-15-6-4-3-5-7-15/h3-11,14,18H,12-13H2,1-2H3. The van der Waals surface area contributed by atoms with Crippen LogP contribution in [-0.2, 0) is 11.3 Å². The third kappa shape index (κ3) is 3.48. The van der Waals surface area contributed by atoms with E-state index in [4.69, 9.17) is 9.47 Å². The maximum Gasteiger partial charge on any atom is 0.216 e. The highest BCUT2D eigenvalue weighted by Gasteiger charge is 2.22. The van der Waals surface area contributed by atoms with Gasteiger partial charge in [-0.25, -0.2) is 4.99 Å². The molecule has 0 aliphatic carbocycles. The molecule has 0 N–H and O–H groups in total. The van der Waals surface area contributed by atoms with Crippen molar-refractivity contribution in [1.82, 2.24) is 0 Å². The van der Waals surface area contributed by atoms with Gasteiger partial charge in [-0.05, 0) is 35.7 Å². The first-order valence-electron chi connectivity index (χ1n) is 7.70. The zero-order valence-corrected chi connectivity index (χ0v) is 13.0. The van der Waals surface area contributed by atoms with Crippen molar-refractivity contribution < 1.29 is 9.47 Å². The lowest BCUT2D eigenvalue weighted by atomic mass is 10.1. The Kier molecular flexibility index (Phi) is 4.42. The lowest BCUT2D eigenvalue weighted by Gasteiger charge is -2.07. The van der Waals surface area contributed by atoms with Crippen LogP contribution in [0.1, 0.15) is 25.0 Å². The fourth-order valence-electron chi connectivity index (χ4n) is 2.32. The third-order valence-electron chi connectivity index (χ3n) is 3.79. The topological polar surface area (TPSA) is 30.8 Å². The highest BCUT2D eigenvalue weighted by Crippen LogP contribution is 2.20. The zero-order valence-electron chi connectivity index (χ0n) is 13.0. The van der Waals surface area contributed by atoms with Gasteiger partial charge in [-0.2, -0.15) is 0 Å². The van der Waals surface area contributed by atoms with Crippen molar-refractivity contribution in [2.45, 2.75) is 26.5 Å². The smallest absolute Gasteiger partial charge is 0.216 e. The highest BCUT2D eigenvalue weighted by molar-refractivity contribution is 5.95. The van der Waals surface area contributed by atoms with Crippen LogP contribution in [0.3, 0.4) is 0 Å². The van der Waals surface area contributed by atoms with Gasteiger partial charge in [0.2, 0.25) is 5.90 Å². The molecular weight excluding hydrogens is 274 g/mol. The van der Waals surface area contributed by atoms with Gasteiger partial charge in [-0.3, -0.25) is 0 Å². The minimum atomic E-state index is 0.268. The van der Waals surface area contributed by atoms with Crippen molar-refractivity contribution in [3.8, 4) is 5.75 Å². The molecule has 3 nitrogen and oxygen atoms in total. The highest BCUT2D eigenvalue weighted by atomic mass is 16.5. The number of aliphatic imine (C=N–C) groups is 1. The minimum Gasteiger partial charge on any atom is -0.489 e. The average molecular weight is 295 g/mol. The molecule has 3 heteroatoms. The minimum absolute atomic E-state index is 0.268. The van der Waals surface area contributed by atoms with Crippen molar-refractivity contribution in [1.29, 1.82) is 0 Å². The molecule has 22 heavy (non-hydrogen) atoms. The number of nitrogens with zero attached hydrogens (tertiary/aromatic N) is 1. The summed E-state index contributed by atoms with van der Waals surface area (Å²) in [4.78, 5) is 4.63. The second kappa shape index (κ2) is 6.65. The summed E-state index contributed by atoms with van der Waals surface area (Å²) in [6.45, 7) is 5.59. The van der Waals surface area contributed by atoms with E-state index in [0.29, 0.717) is 19.1 Å². The molecule has 114 valence electrons. The van der Waals surface area contributed by atoms with Gasteiger partial charge in [0.1, 0.15) is 19.0 Å². The normalized spacial score (nSPS) is 17.2. The van der Waals surface area contributed by atoms with Crippen LogP contribution in [0.5, 0.6) is 5.75 Å². The summed E-state index contributed by atoms with van der Waals surface area (Å²) < 4.78 is 11.5. The summed E-state index contributed by atoms with van der Waals surface area (Å²) in [6.07, 6.45) is 0. The van der Waals surface area contributed by atoms with Gasteiger partial charge in [0.25, 0.3) is 0 Å². The van der Waals surface area contributed by atoms with E-state index in [1.165, 1.54) is 0 Å². The molecule has 1 atom stereocenters. The zero-order chi connectivity index (χ0) is 15.4. The lowest BCUT2D eigenvalue weighted by Crippen LogP contribution is -2.13. The molecule has 0 saturated heterocycles. The van der Waals surface area contributed by atoms with Crippen LogP contribution in [0.2, 0.25) is 0 Å². The predicted molar refractivity (Wildman–Crippen MR) is 88.3 cm³/mol. The summed E-state index contributed by atoms with van der Waals surface area (Å²) in [5, 5.41) is 0. The summed E-state index contributed by atoms with van der Waals surface area (Å²) >= 11 is 0. The van der Waals surface area contributed by atoms with Crippen LogP contribution < -0.4 is 4.74 Å². The summed E-state index contributed by atoms with van der Waals surface area (Å²) in [5.74, 6) is 2.10. The molecule has 0 amide bonds. The molecule has 1 heterocycles. The fourth-order valence-corrected chi connectivity index (χ4v) is 2.32. The number of ether oxygens (including phenoxy) is 2. The molecule has 0 fully saturated rings. The summed E-state index contributed by atoms with van der Waals surface area (Å²) in [6, 6.07) is 18.4. The average Bonchev–Trinajstić information content (AvgIpc) is 3.05. The van der Waals surface area contributed by atoms with Gasteiger partial charge in [0.05, 0.1) is 6.04 Å². The summed E-state index contributed by atoms with van der Waals surface area (Å²) in [7, 11) is 0. The maximum atomic E-state index is 5.79. The van der Waals surface area contributed by atoms with Crippen LogP contribution in [0, 0.1) is 5.92 Å². The molecule has 1 aliphatic heterocycles. The van der Waals surface area contributed by atoms with Crippen LogP contribution in [0.15, 0.2) is 59.6 Å². The molecule has 3 rings (SSSR count). The Morgan fingerprint density at radius 2 is 1.82 bits per heavy atom. The van der Waals surface area contributed by atoms with E-state index in [-0.39, 0.29) is 6.04 Å². The van der Waals surface area contributed by atoms with E-state index in [9.17, 15) is 0 Å². The molecular formula is C19H21NO2. The van der Waals surface area contributed by atoms with Crippen molar-refractivity contribution >= 4 is 5.90 Å². The van der Waals surface area contributed by atoms with Crippen LogP contribution >= 0.6 is 0 Å². The molecule has 0 saturated carbocycles. The van der Waals surface area contributed by atoms with Crippen molar-refractivity contribution in [3.63, 3.8) is 0 Å². The van der Waals surface area contributed by atoms with E-state index in [2.05, 4.69) is 31.0 Å². The number of hydrogen-bond donors (Lipinski definition) is 0. The van der Waals surface area contributed by atoms with Crippen molar-refractivity contribution in [2.75, 3.05) is 6.61 Å². The Balaban J connectivity index is 1.62. The largest absolute Gasteiger partial charge is 0.489 e. The van der Waals surface area contributed by atoms with Crippen molar-refractivity contribution in [2.24, 2.45) is 10.9 Å². The second-order valence-electron chi connectivity index (χ2n) is 5.86. The molecule has 0 bridgehead atoms. The lowest BCUT2D eigenvalue weighted by molar-refractivity contribution is 0.291. The molecule has 0 spiro atoms. The van der Waals surface area contributed by atoms with Gasteiger partial charge >= 0.3 is 0 Å². The van der Waals surface area contributed by atoms with Gasteiger partial charge in [0, 0.05) is 5.56 Å². The van der Waals surface area contributed by atoms with E-state index in [0.717, 1.165) is 22.8 Å². The Hall–Kier alpha value is -2.29. The molecule has 2 aromatic rings.